The topological polar surface area (TPSA) is 26.0 Å². The second-order valence-corrected chi connectivity index (χ2v) is 3.14. The molecule has 1 rings (SSSR count). The first-order valence-corrected chi connectivity index (χ1v) is 3.98. The lowest BCUT2D eigenvalue weighted by molar-refractivity contribution is 1.06. The fraction of sp³-hybridized carbons (Fsp3) is 0.333. The van der Waals surface area contributed by atoms with E-state index in [-0.39, 0.29) is 0 Å². The Morgan fingerprint density at radius 1 is 1.36 bits per heavy atom. The van der Waals surface area contributed by atoms with Gasteiger partial charge < -0.3 is 5.73 Å². The van der Waals surface area contributed by atoms with E-state index in [2.05, 4.69) is 6.07 Å². The summed E-state index contributed by atoms with van der Waals surface area (Å²) in [6.07, 6.45) is 0. The Morgan fingerprint density at radius 2 is 2.00 bits per heavy atom. The molecule has 0 aromatic heterocycles. The number of nitrogens with two attached hydrogens (primary N) is 1. The Hall–Kier alpha value is -0.530. The third-order valence-corrected chi connectivity index (χ3v) is 2.23. The first-order chi connectivity index (χ1) is 5.15. The molecule has 0 fully saturated rings. The maximum Gasteiger partial charge on any atom is 0.0480 e. The SMILES string of the molecule is Cc1cc(C)c(Cl)c(CN)c1. The van der Waals surface area contributed by atoms with Gasteiger partial charge in [-0.2, -0.15) is 0 Å². The summed E-state index contributed by atoms with van der Waals surface area (Å²) in [6, 6.07) is 4.08. The molecule has 0 saturated carbocycles. The number of halogens is 1. The quantitative estimate of drug-likeness (QED) is 0.687. The van der Waals surface area contributed by atoms with Crippen molar-refractivity contribution in [3.63, 3.8) is 0 Å². The summed E-state index contributed by atoms with van der Waals surface area (Å²) in [5.74, 6) is 0. The molecule has 60 valence electrons. The van der Waals surface area contributed by atoms with Gasteiger partial charge in [0.05, 0.1) is 0 Å². The summed E-state index contributed by atoms with van der Waals surface area (Å²) in [7, 11) is 0. The highest BCUT2D eigenvalue weighted by molar-refractivity contribution is 6.32. The van der Waals surface area contributed by atoms with Crippen molar-refractivity contribution < 1.29 is 0 Å². The minimum absolute atomic E-state index is 0.515. The zero-order valence-corrected chi connectivity index (χ0v) is 7.57. The first-order valence-electron chi connectivity index (χ1n) is 3.61. The van der Waals surface area contributed by atoms with Crippen molar-refractivity contribution in [2.75, 3.05) is 0 Å². The lowest BCUT2D eigenvalue weighted by Crippen LogP contribution is -1.98. The maximum atomic E-state index is 5.99. The molecule has 2 heteroatoms. The summed E-state index contributed by atoms with van der Waals surface area (Å²) in [6.45, 7) is 4.55. The normalized spacial score (nSPS) is 10.2. The van der Waals surface area contributed by atoms with E-state index in [1.165, 1.54) is 5.56 Å². The average Bonchev–Trinajstić information content (AvgIpc) is 1.96. The molecule has 2 N–H and O–H groups in total. The summed E-state index contributed by atoms with van der Waals surface area (Å²) < 4.78 is 0. The molecule has 0 amide bonds. The van der Waals surface area contributed by atoms with Crippen LogP contribution >= 0.6 is 11.6 Å². The van der Waals surface area contributed by atoms with Gasteiger partial charge in [0, 0.05) is 11.6 Å². The van der Waals surface area contributed by atoms with Crippen molar-refractivity contribution in [1.82, 2.24) is 0 Å². The van der Waals surface area contributed by atoms with Crippen LogP contribution in [0.3, 0.4) is 0 Å². The molecule has 1 nitrogen and oxygen atoms in total. The van der Waals surface area contributed by atoms with Crippen molar-refractivity contribution in [2.24, 2.45) is 5.73 Å². The predicted octanol–water partition coefficient (Wildman–Crippen LogP) is 2.42. The third kappa shape index (κ3) is 1.73. The van der Waals surface area contributed by atoms with Crippen LogP contribution in [0.5, 0.6) is 0 Å². The van der Waals surface area contributed by atoms with Gasteiger partial charge in [0.1, 0.15) is 0 Å². The van der Waals surface area contributed by atoms with Crippen LogP contribution in [0.1, 0.15) is 16.7 Å². The Kier molecular flexibility index (Phi) is 2.53. The van der Waals surface area contributed by atoms with Gasteiger partial charge >= 0.3 is 0 Å². The molecule has 1 aromatic rings. The van der Waals surface area contributed by atoms with Crippen molar-refractivity contribution in [3.05, 3.63) is 33.8 Å². The Balaban J connectivity index is 3.24. The second-order valence-electron chi connectivity index (χ2n) is 2.76. The second kappa shape index (κ2) is 3.24. The van der Waals surface area contributed by atoms with Gasteiger partial charge in [0.25, 0.3) is 0 Å². The van der Waals surface area contributed by atoms with Crippen LogP contribution in [-0.4, -0.2) is 0 Å². The molecule has 0 saturated heterocycles. The van der Waals surface area contributed by atoms with E-state index >= 15 is 0 Å². The monoisotopic (exact) mass is 169 g/mol. The van der Waals surface area contributed by atoms with Gasteiger partial charge in [-0.3, -0.25) is 0 Å². The smallest absolute Gasteiger partial charge is 0.0480 e. The van der Waals surface area contributed by atoms with E-state index in [9.17, 15) is 0 Å². The first kappa shape index (κ1) is 8.57. The maximum absolute atomic E-state index is 5.99. The molecule has 0 bridgehead atoms. The molecular weight excluding hydrogens is 158 g/mol. The van der Waals surface area contributed by atoms with Crippen molar-refractivity contribution in [2.45, 2.75) is 20.4 Å². The van der Waals surface area contributed by atoms with Gasteiger partial charge in [-0.05, 0) is 25.0 Å². The highest BCUT2D eigenvalue weighted by Gasteiger charge is 2.01. The van der Waals surface area contributed by atoms with E-state index in [0.29, 0.717) is 6.54 Å². The van der Waals surface area contributed by atoms with Crippen LogP contribution < -0.4 is 5.73 Å². The number of hydrogen-bond acceptors (Lipinski definition) is 1. The van der Waals surface area contributed by atoms with E-state index in [1.54, 1.807) is 0 Å². The summed E-state index contributed by atoms with van der Waals surface area (Å²) >= 11 is 5.99. The predicted molar refractivity (Wildman–Crippen MR) is 48.8 cm³/mol. The Morgan fingerprint density at radius 3 is 2.55 bits per heavy atom. The van der Waals surface area contributed by atoms with E-state index in [1.807, 2.05) is 19.9 Å². The zero-order chi connectivity index (χ0) is 8.43. The van der Waals surface area contributed by atoms with Crippen LogP contribution in [0, 0.1) is 13.8 Å². The van der Waals surface area contributed by atoms with Crippen LogP contribution in [0.4, 0.5) is 0 Å². The summed E-state index contributed by atoms with van der Waals surface area (Å²) in [5.41, 5.74) is 8.85. The van der Waals surface area contributed by atoms with Crippen molar-refractivity contribution in [3.8, 4) is 0 Å². The molecule has 0 spiro atoms. The number of benzene rings is 1. The van der Waals surface area contributed by atoms with Gasteiger partial charge in [-0.1, -0.05) is 29.3 Å². The van der Waals surface area contributed by atoms with Crippen molar-refractivity contribution in [1.29, 1.82) is 0 Å². The highest BCUT2D eigenvalue weighted by atomic mass is 35.5. The molecule has 0 aliphatic carbocycles. The molecule has 0 aliphatic heterocycles. The van der Waals surface area contributed by atoms with Crippen LogP contribution in [0.15, 0.2) is 12.1 Å². The molecule has 0 heterocycles. The van der Waals surface area contributed by atoms with Crippen LogP contribution in [0.25, 0.3) is 0 Å². The molecular formula is C9H12ClN. The largest absolute Gasteiger partial charge is 0.326 e. The molecule has 0 atom stereocenters. The number of rotatable bonds is 1. The van der Waals surface area contributed by atoms with Gasteiger partial charge in [0.15, 0.2) is 0 Å². The van der Waals surface area contributed by atoms with Crippen LogP contribution in [0.2, 0.25) is 5.02 Å². The molecule has 0 aliphatic rings. The molecule has 0 radical (unpaired) electrons. The molecule has 0 unspecified atom stereocenters. The highest BCUT2D eigenvalue weighted by Crippen LogP contribution is 2.21. The average molecular weight is 170 g/mol. The van der Waals surface area contributed by atoms with E-state index in [0.717, 1.165) is 16.1 Å². The fourth-order valence-corrected chi connectivity index (χ4v) is 1.37. The molecule has 1 aromatic carbocycles. The van der Waals surface area contributed by atoms with E-state index < -0.39 is 0 Å². The van der Waals surface area contributed by atoms with Gasteiger partial charge in [-0.15, -0.1) is 0 Å². The minimum Gasteiger partial charge on any atom is -0.326 e. The number of hydrogen-bond donors (Lipinski definition) is 1. The van der Waals surface area contributed by atoms with Gasteiger partial charge in [-0.25, -0.2) is 0 Å². The Bertz CT molecular complexity index is 269. The summed E-state index contributed by atoms with van der Waals surface area (Å²) in [5, 5.41) is 0.804. The number of aryl methyl sites for hydroxylation is 2. The fourth-order valence-electron chi connectivity index (χ4n) is 1.19. The van der Waals surface area contributed by atoms with Crippen LogP contribution in [-0.2, 0) is 6.54 Å². The van der Waals surface area contributed by atoms with E-state index in [4.69, 9.17) is 17.3 Å². The van der Waals surface area contributed by atoms with Crippen molar-refractivity contribution >= 4 is 11.6 Å². The standard InChI is InChI=1S/C9H12ClN/c1-6-3-7(2)9(10)8(4-6)5-11/h3-4H,5,11H2,1-2H3. The Labute approximate surface area is 72.2 Å². The summed E-state index contributed by atoms with van der Waals surface area (Å²) in [4.78, 5) is 0. The van der Waals surface area contributed by atoms with Gasteiger partial charge in [0.2, 0.25) is 0 Å². The zero-order valence-electron chi connectivity index (χ0n) is 6.82. The lowest BCUT2D eigenvalue weighted by Gasteiger charge is -2.05. The lowest BCUT2D eigenvalue weighted by atomic mass is 10.1. The molecule has 11 heavy (non-hydrogen) atoms. The minimum atomic E-state index is 0.515. The third-order valence-electron chi connectivity index (χ3n) is 1.69.